The summed E-state index contributed by atoms with van der Waals surface area (Å²) in [5, 5.41) is 15.2. The van der Waals surface area contributed by atoms with E-state index in [0.29, 0.717) is 22.8 Å². The third kappa shape index (κ3) is 3.89. The summed E-state index contributed by atoms with van der Waals surface area (Å²) < 4.78 is 24.6. The number of aliphatic hydroxyl groups is 1. The summed E-state index contributed by atoms with van der Waals surface area (Å²) in [5.41, 5.74) is 0. The number of piperidine rings is 1. The van der Waals surface area contributed by atoms with E-state index in [1.54, 1.807) is 17.5 Å². The fourth-order valence-corrected chi connectivity index (χ4v) is 6.03. The highest BCUT2D eigenvalue weighted by atomic mass is 32.2. The summed E-state index contributed by atoms with van der Waals surface area (Å²) in [4.78, 5) is 2.55. The zero-order chi connectivity index (χ0) is 15.6. The third-order valence-electron chi connectivity index (χ3n) is 4.68. The quantitative estimate of drug-likeness (QED) is 0.809. The molecular weight excluding hydrogens is 320 g/mol. The Morgan fingerprint density at radius 1 is 1.41 bits per heavy atom. The molecule has 1 aromatic heterocycles. The van der Waals surface area contributed by atoms with E-state index < -0.39 is 15.9 Å². The van der Waals surface area contributed by atoms with Gasteiger partial charge in [0, 0.05) is 18.6 Å². The Labute approximate surface area is 136 Å². The van der Waals surface area contributed by atoms with Crippen LogP contribution in [0.1, 0.15) is 25.7 Å². The van der Waals surface area contributed by atoms with Crippen molar-refractivity contribution in [2.24, 2.45) is 0 Å². The molecule has 2 aliphatic heterocycles. The number of fused-ring (bicyclic) bond motifs is 1. The minimum Gasteiger partial charge on any atom is -0.391 e. The highest BCUT2D eigenvalue weighted by molar-refractivity contribution is 7.93. The van der Waals surface area contributed by atoms with Crippen LogP contribution in [0.15, 0.2) is 21.7 Å². The largest absolute Gasteiger partial charge is 0.391 e. The van der Waals surface area contributed by atoms with Crippen LogP contribution in [0.25, 0.3) is 0 Å². The van der Waals surface area contributed by atoms with E-state index in [9.17, 15) is 13.5 Å². The normalized spacial score (nSPS) is 27.7. The van der Waals surface area contributed by atoms with Crippen molar-refractivity contribution in [3.8, 4) is 0 Å². The van der Waals surface area contributed by atoms with E-state index in [0.717, 1.165) is 19.4 Å². The van der Waals surface area contributed by atoms with Gasteiger partial charge in [0.15, 0.2) is 9.84 Å². The van der Waals surface area contributed by atoms with Gasteiger partial charge >= 0.3 is 0 Å². The molecule has 0 spiro atoms. The number of sulfone groups is 1. The molecule has 2 saturated heterocycles. The maximum absolute atomic E-state index is 12.1. The fourth-order valence-electron chi connectivity index (χ4n) is 3.55. The topological polar surface area (TPSA) is 69.6 Å². The molecule has 2 N–H and O–H groups in total. The Balaban J connectivity index is 1.45. The number of nitrogens with one attached hydrogen (secondary N) is 1. The summed E-state index contributed by atoms with van der Waals surface area (Å²) >= 11 is 1.20. The molecule has 22 heavy (non-hydrogen) atoms. The first-order valence-corrected chi connectivity index (χ1v) is 10.5. The van der Waals surface area contributed by atoms with Gasteiger partial charge in [-0.05, 0) is 50.2 Å². The maximum atomic E-state index is 12.1. The van der Waals surface area contributed by atoms with Gasteiger partial charge < -0.3 is 15.3 Å². The molecule has 3 unspecified atom stereocenters. The highest BCUT2D eigenvalue weighted by Crippen LogP contribution is 2.26. The number of hydrogen-bond acceptors (Lipinski definition) is 6. The van der Waals surface area contributed by atoms with Crippen LogP contribution in [-0.4, -0.2) is 62.0 Å². The van der Waals surface area contributed by atoms with Crippen LogP contribution in [-0.2, 0) is 9.84 Å². The minimum atomic E-state index is -3.36. The van der Waals surface area contributed by atoms with Crippen molar-refractivity contribution in [1.29, 1.82) is 0 Å². The molecule has 3 heterocycles. The van der Waals surface area contributed by atoms with Crippen LogP contribution >= 0.6 is 11.3 Å². The van der Waals surface area contributed by atoms with Crippen molar-refractivity contribution in [3.63, 3.8) is 0 Å². The molecule has 7 heteroatoms. The van der Waals surface area contributed by atoms with Crippen LogP contribution in [0, 0.1) is 0 Å². The lowest BCUT2D eigenvalue weighted by Gasteiger charge is -2.35. The Kier molecular flexibility index (Phi) is 5.19. The molecule has 3 rings (SSSR count). The van der Waals surface area contributed by atoms with Crippen LogP contribution < -0.4 is 5.32 Å². The lowest BCUT2D eigenvalue weighted by molar-refractivity contribution is 0.146. The summed E-state index contributed by atoms with van der Waals surface area (Å²) in [6.07, 6.45) is 3.91. The third-order valence-corrected chi connectivity index (χ3v) is 7.96. The summed E-state index contributed by atoms with van der Waals surface area (Å²) in [6, 6.07) is 4.39. The van der Waals surface area contributed by atoms with Crippen molar-refractivity contribution >= 4 is 21.2 Å². The molecule has 0 saturated carbocycles. The van der Waals surface area contributed by atoms with Gasteiger partial charge in [-0.15, -0.1) is 11.3 Å². The van der Waals surface area contributed by atoms with E-state index in [1.165, 1.54) is 30.7 Å². The maximum Gasteiger partial charge on any atom is 0.190 e. The second-order valence-corrected chi connectivity index (χ2v) is 9.54. The second kappa shape index (κ2) is 6.97. The molecule has 5 nitrogen and oxygen atoms in total. The first kappa shape index (κ1) is 16.4. The molecule has 0 bridgehead atoms. The summed E-state index contributed by atoms with van der Waals surface area (Å²) in [6.45, 7) is 2.69. The van der Waals surface area contributed by atoms with E-state index >= 15 is 0 Å². The smallest absolute Gasteiger partial charge is 0.190 e. The molecule has 124 valence electrons. The van der Waals surface area contributed by atoms with Crippen molar-refractivity contribution < 1.29 is 13.5 Å². The Hall–Kier alpha value is -0.470. The van der Waals surface area contributed by atoms with Crippen molar-refractivity contribution in [2.45, 2.75) is 48.1 Å². The van der Waals surface area contributed by atoms with E-state index in [4.69, 9.17) is 0 Å². The Bertz CT molecular complexity index is 574. The van der Waals surface area contributed by atoms with Crippen LogP contribution in [0.3, 0.4) is 0 Å². The van der Waals surface area contributed by atoms with Gasteiger partial charge in [-0.25, -0.2) is 8.42 Å². The van der Waals surface area contributed by atoms with Gasteiger partial charge in [-0.1, -0.05) is 6.07 Å². The van der Waals surface area contributed by atoms with Gasteiger partial charge in [0.1, 0.15) is 4.21 Å². The number of rotatable bonds is 6. The average molecular weight is 345 g/mol. The average Bonchev–Trinajstić information content (AvgIpc) is 3.15. The SMILES string of the molecule is O=S(=O)(CC(O)CNC1CCN2CCCC2C1)c1cccs1. The van der Waals surface area contributed by atoms with Crippen molar-refractivity contribution in [2.75, 3.05) is 25.4 Å². The molecule has 0 aliphatic carbocycles. The molecule has 1 aromatic rings. The number of thiophene rings is 1. The number of nitrogens with zero attached hydrogens (tertiary/aromatic N) is 1. The van der Waals surface area contributed by atoms with Gasteiger partial charge in [0.25, 0.3) is 0 Å². The van der Waals surface area contributed by atoms with Crippen LogP contribution in [0.2, 0.25) is 0 Å². The monoisotopic (exact) mass is 344 g/mol. The Morgan fingerprint density at radius 3 is 3.05 bits per heavy atom. The number of hydrogen-bond donors (Lipinski definition) is 2. The van der Waals surface area contributed by atoms with Gasteiger partial charge in [-0.3, -0.25) is 0 Å². The lowest BCUT2D eigenvalue weighted by atomic mass is 9.97. The van der Waals surface area contributed by atoms with E-state index in [2.05, 4.69) is 10.2 Å². The zero-order valence-corrected chi connectivity index (χ0v) is 14.3. The fraction of sp³-hybridized carbons (Fsp3) is 0.733. The molecular formula is C15H24N2O3S2. The molecule has 0 radical (unpaired) electrons. The van der Waals surface area contributed by atoms with E-state index in [-0.39, 0.29) is 5.75 Å². The van der Waals surface area contributed by atoms with Crippen LogP contribution in [0.4, 0.5) is 0 Å². The summed E-state index contributed by atoms with van der Waals surface area (Å²) in [5.74, 6) is -0.206. The standard InChI is InChI=1S/C15H24N2O3S2/c18-14(11-22(19,20)15-4-2-8-21-15)10-16-12-5-7-17-6-1-3-13(17)9-12/h2,4,8,12-14,16,18H,1,3,5-7,9-11H2. The van der Waals surface area contributed by atoms with Gasteiger partial charge in [0.05, 0.1) is 11.9 Å². The van der Waals surface area contributed by atoms with Crippen molar-refractivity contribution in [1.82, 2.24) is 10.2 Å². The van der Waals surface area contributed by atoms with Gasteiger partial charge in [-0.2, -0.15) is 0 Å². The molecule has 2 aliphatic rings. The zero-order valence-electron chi connectivity index (χ0n) is 12.6. The van der Waals surface area contributed by atoms with Gasteiger partial charge in [0.2, 0.25) is 0 Å². The predicted octanol–water partition coefficient (Wildman–Crippen LogP) is 1.10. The van der Waals surface area contributed by atoms with Crippen LogP contribution in [0.5, 0.6) is 0 Å². The second-order valence-electron chi connectivity index (χ2n) is 6.33. The Morgan fingerprint density at radius 2 is 2.27 bits per heavy atom. The lowest BCUT2D eigenvalue weighted by Crippen LogP contribution is -2.47. The highest BCUT2D eigenvalue weighted by Gasteiger charge is 2.31. The molecule has 3 atom stereocenters. The predicted molar refractivity (Wildman–Crippen MR) is 88.0 cm³/mol. The minimum absolute atomic E-state index is 0.206. The van der Waals surface area contributed by atoms with Crippen molar-refractivity contribution in [3.05, 3.63) is 17.5 Å². The molecule has 0 amide bonds. The first-order chi connectivity index (χ1) is 10.5. The molecule has 2 fully saturated rings. The van der Waals surface area contributed by atoms with E-state index in [1.807, 2.05) is 0 Å². The first-order valence-electron chi connectivity index (χ1n) is 7.96. The summed E-state index contributed by atoms with van der Waals surface area (Å²) in [7, 11) is -3.36. The number of aliphatic hydroxyl groups excluding tert-OH is 1. The molecule has 0 aromatic carbocycles.